The Labute approximate surface area is 115 Å². The Balaban J connectivity index is 2.04. The SMILES string of the molecule is C=CCSc1nnc(-c2ccccc2F)n1C1CC1. The van der Waals surface area contributed by atoms with Gasteiger partial charge < -0.3 is 0 Å². The van der Waals surface area contributed by atoms with Crippen LogP contribution in [0.5, 0.6) is 0 Å². The molecule has 1 aliphatic rings. The van der Waals surface area contributed by atoms with Crippen LogP contribution in [0.3, 0.4) is 0 Å². The van der Waals surface area contributed by atoms with E-state index in [1.54, 1.807) is 23.9 Å². The highest BCUT2D eigenvalue weighted by molar-refractivity contribution is 7.99. The normalized spacial score (nSPS) is 14.6. The molecule has 19 heavy (non-hydrogen) atoms. The molecule has 3 nitrogen and oxygen atoms in total. The number of benzene rings is 1. The number of hydrogen-bond donors (Lipinski definition) is 0. The minimum atomic E-state index is -0.253. The van der Waals surface area contributed by atoms with Crippen LogP contribution in [-0.2, 0) is 0 Å². The predicted octanol–water partition coefficient (Wildman–Crippen LogP) is 3.70. The fraction of sp³-hybridized carbons (Fsp3) is 0.286. The molecule has 0 spiro atoms. The summed E-state index contributed by atoms with van der Waals surface area (Å²) < 4.78 is 16.0. The van der Waals surface area contributed by atoms with Crippen molar-refractivity contribution in [3.05, 3.63) is 42.7 Å². The standard InChI is InChI=1S/C14H14FN3S/c1-2-9-19-14-17-16-13(18(14)10-7-8-10)11-5-3-4-6-12(11)15/h2-6,10H,1,7-9H2. The highest BCUT2D eigenvalue weighted by Crippen LogP contribution is 2.41. The largest absolute Gasteiger partial charge is 0.299 e. The first kappa shape index (κ1) is 12.4. The number of hydrogen-bond acceptors (Lipinski definition) is 3. The van der Waals surface area contributed by atoms with Gasteiger partial charge in [0.2, 0.25) is 0 Å². The van der Waals surface area contributed by atoms with E-state index in [0.29, 0.717) is 17.4 Å². The van der Waals surface area contributed by atoms with Gasteiger partial charge in [0, 0.05) is 11.8 Å². The summed E-state index contributed by atoms with van der Waals surface area (Å²) in [5, 5.41) is 9.22. The molecule has 0 N–H and O–H groups in total. The molecule has 1 aromatic carbocycles. The molecule has 1 saturated carbocycles. The number of aromatic nitrogens is 3. The number of nitrogens with zero attached hydrogens (tertiary/aromatic N) is 3. The van der Waals surface area contributed by atoms with Crippen LogP contribution < -0.4 is 0 Å². The molecular weight excluding hydrogens is 261 g/mol. The molecule has 1 aromatic heterocycles. The van der Waals surface area contributed by atoms with Crippen molar-refractivity contribution in [1.82, 2.24) is 14.8 Å². The van der Waals surface area contributed by atoms with Crippen LogP contribution in [0.4, 0.5) is 4.39 Å². The second kappa shape index (κ2) is 5.17. The van der Waals surface area contributed by atoms with Gasteiger partial charge in [-0.05, 0) is 25.0 Å². The molecule has 2 aromatic rings. The van der Waals surface area contributed by atoms with Crippen molar-refractivity contribution in [2.75, 3.05) is 5.75 Å². The van der Waals surface area contributed by atoms with Crippen molar-refractivity contribution in [3.63, 3.8) is 0 Å². The lowest BCUT2D eigenvalue weighted by Crippen LogP contribution is -2.00. The number of halogens is 1. The second-order valence-corrected chi connectivity index (χ2v) is 5.47. The Bertz CT molecular complexity index is 604. The Hall–Kier alpha value is -1.62. The van der Waals surface area contributed by atoms with Crippen molar-refractivity contribution < 1.29 is 4.39 Å². The van der Waals surface area contributed by atoms with Gasteiger partial charge in [0.15, 0.2) is 11.0 Å². The fourth-order valence-electron chi connectivity index (χ4n) is 2.00. The molecule has 0 radical (unpaired) electrons. The first-order chi connectivity index (χ1) is 9.31. The topological polar surface area (TPSA) is 30.7 Å². The monoisotopic (exact) mass is 275 g/mol. The van der Waals surface area contributed by atoms with Gasteiger partial charge in [-0.2, -0.15) is 0 Å². The van der Waals surface area contributed by atoms with Gasteiger partial charge in [-0.1, -0.05) is 30.0 Å². The van der Waals surface area contributed by atoms with Gasteiger partial charge in [0.1, 0.15) is 5.82 Å². The lowest BCUT2D eigenvalue weighted by Gasteiger charge is -2.08. The Morgan fingerprint density at radius 1 is 1.37 bits per heavy atom. The fourth-order valence-corrected chi connectivity index (χ4v) is 2.74. The third-order valence-electron chi connectivity index (χ3n) is 3.02. The van der Waals surface area contributed by atoms with E-state index in [2.05, 4.69) is 21.3 Å². The predicted molar refractivity (Wildman–Crippen MR) is 74.6 cm³/mol. The minimum Gasteiger partial charge on any atom is -0.299 e. The number of rotatable bonds is 5. The van der Waals surface area contributed by atoms with E-state index < -0.39 is 0 Å². The molecule has 0 amide bonds. The van der Waals surface area contributed by atoms with E-state index in [0.717, 1.165) is 23.8 Å². The Morgan fingerprint density at radius 2 is 2.16 bits per heavy atom. The van der Waals surface area contributed by atoms with E-state index in [4.69, 9.17) is 0 Å². The first-order valence-electron chi connectivity index (χ1n) is 6.24. The quantitative estimate of drug-likeness (QED) is 0.616. The lowest BCUT2D eigenvalue weighted by molar-refractivity contribution is 0.622. The maximum absolute atomic E-state index is 13.9. The lowest BCUT2D eigenvalue weighted by atomic mass is 10.2. The average Bonchev–Trinajstić information content (AvgIpc) is 3.18. The van der Waals surface area contributed by atoms with E-state index in [1.165, 1.54) is 6.07 Å². The molecule has 1 aliphatic carbocycles. The first-order valence-corrected chi connectivity index (χ1v) is 7.23. The molecule has 3 rings (SSSR count). The molecule has 0 unspecified atom stereocenters. The van der Waals surface area contributed by atoms with Crippen LogP contribution in [0, 0.1) is 5.82 Å². The van der Waals surface area contributed by atoms with Crippen LogP contribution in [0.15, 0.2) is 42.1 Å². The van der Waals surface area contributed by atoms with E-state index >= 15 is 0 Å². The van der Waals surface area contributed by atoms with Gasteiger partial charge in [-0.25, -0.2) is 4.39 Å². The Kier molecular flexibility index (Phi) is 3.38. The summed E-state index contributed by atoms with van der Waals surface area (Å²) in [6.07, 6.45) is 4.06. The molecule has 0 atom stereocenters. The van der Waals surface area contributed by atoms with Crippen molar-refractivity contribution in [1.29, 1.82) is 0 Å². The summed E-state index contributed by atoms with van der Waals surface area (Å²) >= 11 is 1.59. The highest BCUT2D eigenvalue weighted by atomic mass is 32.2. The zero-order chi connectivity index (χ0) is 13.2. The summed E-state index contributed by atoms with van der Waals surface area (Å²) in [5.74, 6) is 1.16. The van der Waals surface area contributed by atoms with Crippen LogP contribution >= 0.6 is 11.8 Å². The molecule has 1 heterocycles. The van der Waals surface area contributed by atoms with Crippen LogP contribution in [-0.4, -0.2) is 20.5 Å². The average molecular weight is 275 g/mol. The molecular formula is C14H14FN3S. The Morgan fingerprint density at radius 3 is 2.84 bits per heavy atom. The van der Waals surface area contributed by atoms with E-state index in [1.807, 2.05) is 12.1 Å². The van der Waals surface area contributed by atoms with Crippen molar-refractivity contribution in [2.24, 2.45) is 0 Å². The molecule has 0 aliphatic heterocycles. The van der Waals surface area contributed by atoms with Crippen molar-refractivity contribution in [3.8, 4) is 11.4 Å². The smallest absolute Gasteiger partial charge is 0.192 e. The molecule has 1 fully saturated rings. The molecule has 0 bridgehead atoms. The molecule has 0 saturated heterocycles. The second-order valence-electron chi connectivity index (χ2n) is 4.49. The zero-order valence-electron chi connectivity index (χ0n) is 10.4. The van der Waals surface area contributed by atoms with Gasteiger partial charge in [0.05, 0.1) is 5.56 Å². The zero-order valence-corrected chi connectivity index (χ0v) is 11.2. The van der Waals surface area contributed by atoms with Gasteiger partial charge in [-0.3, -0.25) is 4.57 Å². The van der Waals surface area contributed by atoms with E-state index in [-0.39, 0.29) is 5.82 Å². The van der Waals surface area contributed by atoms with E-state index in [9.17, 15) is 4.39 Å². The third kappa shape index (κ3) is 2.42. The van der Waals surface area contributed by atoms with Crippen molar-refractivity contribution >= 4 is 11.8 Å². The summed E-state index contributed by atoms with van der Waals surface area (Å²) in [6, 6.07) is 7.13. The van der Waals surface area contributed by atoms with Crippen LogP contribution in [0.2, 0.25) is 0 Å². The number of thioether (sulfide) groups is 1. The third-order valence-corrected chi connectivity index (χ3v) is 3.96. The maximum Gasteiger partial charge on any atom is 0.192 e. The maximum atomic E-state index is 13.9. The minimum absolute atomic E-state index is 0.253. The van der Waals surface area contributed by atoms with Gasteiger partial charge >= 0.3 is 0 Å². The molecule has 5 heteroatoms. The summed E-state index contributed by atoms with van der Waals surface area (Å²) in [5.41, 5.74) is 0.521. The van der Waals surface area contributed by atoms with Crippen LogP contribution in [0.25, 0.3) is 11.4 Å². The summed E-state index contributed by atoms with van der Waals surface area (Å²) in [4.78, 5) is 0. The summed E-state index contributed by atoms with van der Waals surface area (Å²) in [6.45, 7) is 3.71. The highest BCUT2D eigenvalue weighted by Gasteiger charge is 2.30. The van der Waals surface area contributed by atoms with Gasteiger partial charge in [0.25, 0.3) is 0 Å². The summed E-state index contributed by atoms with van der Waals surface area (Å²) in [7, 11) is 0. The van der Waals surface area contributed by atoms with Gasteiger partial charge in [-0.15, -0.1) is 16.8 Å². The molecule has 98 valence electrons. The van der Waals surface area contributed by atoms with Crippen LogP contribution in [0.1, 0.15) is 18.9 Å². The van der Waals surface area contributed by atoms with Crippen molar-refractivity contribution in [2.45, 2.75) is 24.0 Å².